The van der Waals surface area contributed by atoms with Crippen LogP contribution in [-0.2, 0) is 4.79 Å². The van der Waals surface area contributed by atoms with Crippen molar-refractivity contribution in [3.8, 4) is 0 Å². The van der Waals surface area contributed by atoms with Crippen LogP contribution in [0.4, 0.5) is 0 Å². The molecule has 3 nitrogen and oxygen atoms in total. The van der Waals surface area contributed by atoms with Crippen molar-refractivity contribution in [3.05, 3.63) is 0 Å². The second-order valence-electron chi connectivity index (χ2n) is 3.34. The Bertz CT molecular complexity index is 158. The second kappa shape index (κ2) is 3.22. The molecule has 1 aliphatic rings. The summed E-state index contributed by atoms with van der Waals surface area (Å²) in [5.74, 6) is 0.203. The Morgan fingerprint density at radius 2 is 2.18 bits per heavy atom. The number of nitrogens with one attached hydrogen (secondary N) is 1. The zero-order valence-electron chi connectivity index (χ0n) is 7.42. The third kappa shape index (κ3) is 1.93. The standard InChI is InChI=1S/C8H16N2O/c1-6-4-5-10(3)8(11)7(2)9-6/h6-7,9H,4-5H2,1-3H3. The first-order valence-corrected chi connectivity index (χ1v) is 4.12. The zero-order chi connectivity index (χ0) is 8.43. The summed E-state index contributed by atoms with van der Waals surface area (Å²) < 4.78 is 0. The maximum Gasteiger partial charge on any atom is 0.239 e. The van der Waals surface area contributed by atoms with Gasteiger partial charge in [0.1, 0.15) is 0 Å². The van der Waals surface area contributed by atoms with Gasteiger partial charge in [0.2, 0.25) is 5.91 Å². The van der Waals surface area contributed by atoms with Gasteiger partial charge in [0, 0.05) is 19.6 Å². The zero-order valence-corrected chi connectivity index (χ0v) is 7.42. The fourth-order valence-electron chi connectivity index (χ4n) is 1.41. The number of amides is 1. The predicted octanol–water partition coefficient (Wildman–Crippen LogP) is 0.215. The molecule has 1 fully saturated rings. The lowest BCUT2D eigenvalue weighted by Gasteiger charge is -2.16. The van der Waals surface area contributed by atoms with Crippen LogP contribution in [0.15, 0.2) is 0 Å². The summed E-state index contributed by atoms with van der Waals surface area (Å²) in [6.07, 6.45) is 1.05. The summed E-state index contributed by atoms with van der Waals surface area (Å²) in [6.45, 7) is 4.90. The quantitative estimate of drug-likeness (QED) is 0.544. The molecule has 0 radical (unpaired) electrons. The van der Waals surface area contributed by atoms with Gasteiger partial charge in [-0.15, -0.1) is 0 Å². The number of rotatable bonds is 0. The molecule has 1 rings (SSSR count). The molecular formula is C8H16N2O. The van der Waals surface area contributed by atoms with Gasteiger partial charge in [-0.3, -0.25) is 4.79 Å². The van der Waals surface area contributed by atoms with Crippen LogP contribution in [0.5, 0.6) is 0 Å². The van der Waals surface area contributed by atoms with Crippen LogP contribution in [-0.4, -0.2) is 36.5 Å². The predicted molar refractivity (Wildman–Crippen MR) is 44.3 cm³/mol. The molecule has 1 aliphatic heterocycles. The number of carbonyl (C=O) groups excluding carboxylic acids is 1. The van der Waals surface area contributed by atoms with Gasteiger partial charge >= 0.3 is 0 Å². The van der Waals surface area contributed by atoms with Crippen molar-refractivity contribution in [2.45, 2.75) is 32.4 Å². The smallest absolute Gasteiger partial charge is 0.239 e. The molecule has 0 spiro atoms. The minimum Gasteiger partial charge on any atom is -0.344 e. The average molecular weight is 156 g/mol. The van der Waals surface area contributed by atoms with Crippen molar-refractivity contribution in [2.75, 3.05) is 13.6 Å². The van der Waals surface area contributed by atoms with Gasteiger partial charge in [-0.2, -0.15) is 0 Å². The highest BCUT2D eigenvalue weighted by molar-refractivity contribution is 5.81. The summed E-state index contributed by atoms with van der Waals surface area (Å²) in [6, 6.07) is 0.441. The lowest BCUT2D eigenvalue weighted by Crippen LogP contribution is -2.41. The molecule has 64 valence electrons. The van der Waals surface area contributed by atoms with Crippen molar-refractivity contribution >= 4 is 5.91 Å². The van der Waals surface area contributed by atoms with Crippen molar-refractivity contribution in [3.63, 3.8) is 0 Å². The number of carbonyl (C=O) groups is 1. The summed E-state index contributed by atoms with van der Waals surface area (Å²) >= 11 is 0. The maximum absolute atomic E-state index is 11.4. The largest absolute Gasteiger partial charge is 0.344 e. The lowest BCUT2D eigenvalue weighted by molar-refractivity contribution is -0.130. The van der Waals surface area contributed by atoms with E-state index in [0.29, 0.717) is 6.04 Å². The molecule has 1 amide bonds. The highest BCUT2D eigenvalue weighted by Gasteiger charge is 2.22. The van der Waals surface area contributed by atoms with Gasteiger partial charge < -0.3 is 10.2 Å². The number of hydrogen-bond donors (Lipinski definition) is 1. The molecule has 0 aliphatic carbocycles. The number of nitrogens with zero attached hydrogens (tertiary/aromatic N) is 1. The summed E-state index contributed by atoms with van der Waals surface area (Å²) in [5.41, 5.74) is 0. The summed E-state index contributed by atoms with van der Waals surface area (Å²) in [5, 5.41) is 3.23. The molecular weight excluding hydrogens is 140 g/mol. The van der Waals surface area contributed by atoms with Crippen LogP contribution in [0, 0.1) is 0 Å². The third-order valence-corrected chi connectivity index (χ3v) is 2.18. The first kappa shape index (κ1) is 8.53. The van der Waals surface area contributed by atoms with E-state index in [0.717, 1.165) is 13.0 Å². The molecule has 0 aromatic carbocycles. The van der Waals surface area contributed by atoms with E-state index in [1.807, 2.05) is 14.0 Å². The Balaban J connectivity index is 2.61. The van der Waals surface area contributed by atoms with Crippen molar-refractivity contribution in [1.82, 2.24) is 10.2 Å². The molecule has 1 heterocycles. The van der Waals surface area contributed by atoms with Crippen LogP contribution in [0.2, 0.25) is 0 Å². The molecule has 2 unspecified atom stereocenters. The third-order valence-electron chi connectivity index (χ3n) is 2.18. The monoisotopic (exact) mass is 156 g/mol. The molecule has 0 aromatic heterocycles. The number of hydrogen-bond acceptors (Lipinski definition) is 2. The van der Waals surface area contributed by atoms with Gasteiger partial charge in [0.05, 0.1) is 6.04 Å². The van der Waals surface area contributed by atoms with E-state index < -0.39 is 0 Å². The van der Waals surface area contributed by atoms with Gasteiger partial charge in [0.25, 0.3) is 0 Å². The van der Waals surface area contributed by atoms with E-state index in [-0.39, 0.29) is 11.9 Å². The molecule has 3 heteroatoms. The van der Waals surface area contributed by atoms with Crippen molar-refractivity contribution in [1.29, 1.82) is 0 Å². The first-order valence-electron chi connectivity index (χ1n) is 4.12. The van der Waals surface area contributed by atoms with Crippen LogP contribution in [0.25, 0.3) is 0 Å². The van der Waals surface area contributed by atoms with E-state index in [4.69, 9.17) is 0 Å². The first-order chi connectivity index (χ1) is 5.11. The van der Waals surface area contributed by atoms with Gasteiger partial charge in [-0.25, -0.2) is 0 Å². The van der Waals surface area contributed by atoms with Crippen molar-refractivity contribution in [2.24, 2.45) is 0 Å². The lowest BCUT2D eigenvalue weighted by atomic mass is 10.2. The Morgan fingerprint density at radius 3 is 2.82 bits per heavy atom. The Kier molecular flexibility index (Phi) is 2.49. The van der Waals surface area contributed by atoms with Crippen molar-refractivity contribution < 1.29 is 4.79 Å². The summed E-state index contributed by atoms with van der Waals surface area (Å²) in [7, 11) is 1.86. The Morgan fingerprint density at radius 1 is 1.55 bits per heavy atom. The average Bonchev–Trinajstić information content (AvgIpc) is 2.05. The Labute approximate surface area is 67.8 Å². The fraction of sp³-hybridized carbons (Fsp3) is 0.875. The van der Waals surface area contributed by atoms with E-state index in [2.05, 4.69) is 12.2 Å². The highest BCUT2D eigenvalue weighted by atomic mass is 16.2. The molecule has 0 aromatic rings. The second-order valence-corrected chi connectivity index (χ2v) is 3.34. The highest BCUT2D eigenvalue weighted by Crippen LogP contribution is 2.03. The number of likely N-dealkylation sites (N-methyl/N-ethyl adjacent to an activating group) is 1. The molecule has 1 N–H and O–H groups in total. The van der Waals surface area contributed by atoms with E-state index in [9.17, 15) is 4.79 Å². The molecule has 2 atom stereocenters. The molecule has 1 saturated heterocycles. The van der Waals surface area contributed by atoms with E-state index in [1.165, 1.54) is 0 Å². The van der Waals surface area contributed by atoms with E-state index in [1.54, 1.807) is 4.90 Å². The fourth-order valence-corrected chi connectivity index (χ4v) is 1.41. The van der Waals surface area contributed by atoms with Crippen LogP contribution in [0.3, 0.4) is 0 Å². The van der Waals surface area contributed by atoms with E-state index >= 15 is 0 Å². The SMILES string of the molecule is CC1CCN(C)C(=O)C(C)N1. The molecule has 0 saturated carbocycles. The van der Waals surface area contributed by atoms with Crippen LogP contribution < -0.4 is 5.32 Å². The summed E-state index contributed by atoms with van der Waals surface area (Å²) in [4.78, 5) is 13.1. The minimum absolute atomic E-state index is 0.0162. The molecule has 0 bridgehead atoms. The maximum atomic E-state index is 11.4. The van der Waals surface area contributed by atoms with Gasteiger partial charge in [-0.05, 0) is 20.3 Å². The van der Waals surface area contributed by atoms with Crippen LogP contribution >= 0.6 is 0 Å². The molecule has 11 heavy (non-hydrogen) atoms. The minimum atomic E-state index is -0.0162. The van der Waals surface area contributed by atoms with Gasteiger partial charge in [0.15, 0.2) is 0 Å². The topological polar surface area (TPSA) is 32.3 Å². The normalized spacial score (nSPS) is 33.7. The van der Waals surface area contributed by atoms with Gasteiger partial charge in [-0.1, -0.05) is 0 Å². The Hall–Kier alpha value is -0.570. The van der Waals surface area contributed by atoms with Crippen LogP contribution in [0.1, 0.15) is 20.3 Å².